The number of esters is 3. The van der Waals surface area contributed by atoms with E-state index in [1.807, 2.05) is 0 Å². The second-order valence-corrected chi connectivity index (χ2v) is 24.4. The van der Waals surface area contributed by atoms with Gasteiger partial charge in [-0.1, -0.05) is 282 Å². The molecule has 0 saturated heterocycles. The number of hydrogen-bond donors (Lipinski definition) is 2. The number of hydrogen-bond acceptors (Lipinski definition) is 10. The van der Waals surface area contributed by atoms with Gasteiger partial charge in [-0.25, -0.2) is 4.57 Å². The van der Waals surface area contributed by atoms with Crippen LogP contribution in [0.2, 0.25) is 0 Å². The molecule has 0 aromatic rings. The highest BCUT2D eigenvalue weighted by atomic mass is 31.2. The summed E-state index contributed by atoms with van der Waals surface area (Å²) in [5, 5.41) is 9.86. The number of aliphatic hydroxyl groups is 1. The Morgan fingerprint density at radius 2 is 0.613 bits per heavy atom. The molecule has 0 aromatic carbocycles. The van der Waals surface area contributed by atoms with Crippen LogP contribution in [0.5, 0.6) is 0 Å². The maximum absolute atomic E-state index is 13.0. The van der Waals surface area contributed by atoms with E-state index in [0.29, 0.717) is 19.3 Å². The number of carbonyl (C=O) groups is 3. The molecule has 3 atom stereocenters. The van der Waals surface area contributed by atoms with E-state index in [2.05, 4.69) is 57.2 Å². The van der Waals surface area contributed by atoms with Crippen LogP contribution in [-0.2, 0) is 42.2 Å². The topological polar surface area (TPSA) is 155 Å². The Kier molecular flexibility index (Phi) is 60.9. The molecule has 0 aliphatic heterocycles. The highest BCUT2D eigenvalue weighted by molar-refractivity contribution is 7.47. The minimum Gasteiger partial charge on any atom is -0.462 e. The summed E-state index contributed by atoms with van der Waals surface area (Å²) in [5.74, 6) is -1.44. The standard InChI is InChI=1S/C68H127O11P/c1-4-7-10-13-16-19-22-25-28-31-32-35-38-41-44-47-50-53-56-59-68(72)79-65(61-75-66(70)57-54-51-48-45-42-39-36-33-29-26-23-20-17-14-11-8-5-2)63-77-80(73,74)76-62-64(60-69)78-67(71)58-55-52-49-46-43-40-37-34-30-27-24-21-18-15-12-9-6-3/h18,21,25,27-28,30,64-65,69H,4-17,19-20,22-24,26,29,31-63H2,1-3H3,(H,73,74)/b21-18-,28-25-,30-27-. The summed E-state index contributed by atoms with van der Waals surface area (Å²) in [4.78, 5) is 48.8. The first kappa shape index (κ1) is 77.7. The predicted molar refractivity (Wildman–Crippen MR) is 335 cm³/mol. The van der Waals surface area contributed by atoms with Crippen LogP contribution in [0.4, 0.5) is 0 Å². The van der Waals surface area contributed by atoms with Gasteiger partial charge in [0.25, 0.3) is 0 Å². The minimum atomic E-state index is -4.75. The van der Waals surface area contributed by atoms with E-state index in [9.17, 15) is 28.9 Å². The van der Waals surface area contributed by atoms with E-state index in [1.165, 1.54) is 205 Å². The first-order valence-corrected chi connectivity index (χ1v) is 35.4. The second kappa shape index (κ2) is 62.7. The largest absolute Gasteiger partial charge is 0.472 e. The maximum atomic E-state index is 13.0. The molecular weight excluding hydrogens is 1020 g/mol. The van der Waals surface area contributed by atoms with E-state index in [0.717, 1.165) is 77.0 Å². The summed E-state index contributed by atoms with van der Waals surface area (Å²) in [6.07, 6.45) is 68.0. The second-order valence-electron chi connectivity index (χ2n) is 23.0. The van der Waals surface area contributed by atoms with Crippen molar-refractivity contribution in [2.24, 2.45) is 0 Å². The third-order valence-electron chi connectivity index (χ3n) is 15.0. The van der Waals surface area contributed by atoms with Crippen LogP contribution in [-0.4, -0.2) is 66.5 Å². The van der Waals surface area contributed by atoms with Crippen molar-refractivity contribution in [1.29, 1.82) is 0 Å². The number of aliphatic hydroxyl groups excluding tert-OH is 1. The lowest BCUT2D eigenvalue weighted by molar-refractivity contribution is -0.161. The lowest BCUT2D eigenvalue weighted by Gasteiger charge is -2.21. The van der Waals surface area contributed by atoms with Crippen LogP contribution in [0.15, 0.2) is 36.5 Å². The SMILES string of the molecule is CCCCC/C=C\C/C=C\CCCCCCCCCC(=O)OC(CO)COP(=O)(O)OCC(COC(=O)CCCCCCCCCCCCCCCCCCC)OC(=O)CCCCCCCCCCC/C=C\CCCCCCCC. The molecule has 0 saturated carbocycles. The third kappa shape index (κ3) is 60.3. The van der Waals surface area contributed by atoms with Gasteiger partial charge in [0.1, 0.15) is 12.7 Å². The van der Waals surface area contributed by atoms with E-state index < -0.39 is 57.8 Å². The van der Waals surface area contributed by atoms with Gasteiger partial charge >= 0.3 is 25.7 Å². The monoisotopic (exact) mass is 1150 g/mol. The Bertz CT molecular complexity index is 1480. The molecule has 0 aliphatic carbocycles. The quantitative estimate of drug-likeness (QED) is 0.0197. The molecule has 0 radical (unpaired) electrons. The Labute approximate surface area is 492 Å². The minimum absolute atomic E-state index is 0.169. The van der Waals surface area contributed by atoms with Crippen LogP contribution < -0.4 is 0 Å². The number of ether oxygens (including phenoxy) is 3. The van der Waals surface area contributed by atoms with Crippen LogP contribution in [0, 0.1) is 0 Å². The fourth-order valence-electron chi connectivity index (χ4n) is 9.86. The maximum Gasteiger partial charge on any atom is 0.472 e. The van der Waals surface area contributed by atoms with E-state index in [4.69, 9.17) is 23.3 Å². The molecule has 0 spiro atoms. The third-order valence-corrected chi connectivity index (χ3v) is 16.0. The summed E-state index contributed by atoms with van der Waals surface area (Å²) >= 11 is 0. The highest BCUT2D eigenvalue weighted by Crippen LogP contribution is 2.43. The highest BCUT2D eigenvalue weighted by Gasteiger charge is 2.28. The van der Waals surface area contributed by atoms with Gasteiger partial charge in [-0.05, 0) is 77.0 Å². The van der Waals surface area contributed by atoms with Crippen LogP contribution in [0.1, 0.15) is 342 Å². The molecule has 0 heterocycles. The van der Waals surface area contributed by atoms with Crippen molar-refractivity contribution in [2.45, 2.75) is 354 Å². The van der Waals surface area contributed by atoms with Crippen molar-refractivity contribution < 1.29 is 52.2 Å². The first-order chi connectivity index (χ1) is 39.2. The van der Waals surface area contributed by atoms with Crippen LogP contribution in [0.3, 0.4) is 0 Å². The van der Waals surface area contributed by atoms with Gasteiger partial charge in [0.2, 0.25) is 0 Å². The van der Waals surface area contributed by atoms with Crippen molar-refractivity contribution in [3.8, 4) is 0 Å². The zero-order valence-corrected chi connectivity index (χ0v) is 53.2. The van der Waals surface area contributed by atoms with Crippen molar-refractivity contribution in [3.05, 3.63) is 36.5 Å². The summed E-state index contributed by atoms with van der Waals surface area (Å²) in [6, 6.07) is 0. The predicted octanol–water partition coefficient (Wildman–Crippen LogP) is 20.7. The van der Waals surface area contributed by atoms with Crippen molar-refractivity contribution in [1.82, 2.24) is 0 Å². The van der Waals surface area contributed by atoms with Gasteiger partial charge in [0, 0.05) is 19.3 Å². The molecule has 0 rings (SSSR count). The lowest BCUT2D eigenvalue weighted by atomic mass is 10.0. The lowest BCUT2D eigenvalue weighted by Crippen LogP contribution is -2.30. The van der Waals surface area contributed by atoms with Crippen molar-refractivity contribution >= 4 is 25.7 Å². The molecule has 2 N–H and O–H groups in total. The normalized spacial score (nSPS) is 13.4. The van der Waals surface area contributed by atoms with E-state index in [1.54, 1.807) is 0 Å². The fraction of sp³-hybridized carbons (Fsp3) is 0.868. The molecule has 80 heavy (non-hydrogen) atoms. The van der Waals surface area contributed by atoms with E-state index >= 15 is 0 Å². The van der Waals surface area contributed by atoms with Crippen LogP contribution in [0.25, 0.3) is 0 Å². The number of phosphoric acid groups is 1. The molecule has 0 aromatic heterocycles. The van der Waals surface area contributed by atoms with Gasteiger partial charge in [-0.3, -0.25) is 23.4 Å². The summed E-state index contributed by atoms with van der Waals surface area (Å²) in [5.41, 5.74) is 0. The smallest absolute Gasteiger partial charge is 0.462 e. The van der Waals surface area contributed by atoms with Crippen LogP contribution >= 0.6 is 7.82 Å². The molecule has 0 aliphatic rings. The summed E-state index contributed by atoms with van der Waals surface area (Å²) in [6.45, 7) is 4.69. The van der Waals surface area contributed by atoms with Crippen molar-refractivity contribution in [3.63, 3.8) is 0 Å². The molecule has 11 nitrogen and oxygen atoms in total. The fourth-order valence-corrected chi connectivity index (χ4v) is 10.6. The molecular formula is C68H127O11P. The molecule has 0 bridgehead atoms. The van der Waals surface area contributed by atoms with Gasteiger partial charge in [-0.15, -0.1) is 0 Å². The molecule has 12 heteroatoms. The average Bonchev–Trinajstić information content (AvgIpc) is 3.45. The summed E-state index contributed by atoms with van der Waals surface area (Å²) in [7, 11) is -4.75. The zero-order valence-electron chi connectivity index (χ0n) is 52.3. The summed E-state index contributed by atoms with van der Waals surface area (Å²) < 4.78 is 39.8. The Balaban J connectivity index is 4.66. The number of allylic oxidation sites excluding steroid dienone is 6. The number of rotatable bonds is 64. The average molecular weight is 1150 g/mol. The Morgan fingerprint density at radius 3 is 0.963 bits per heavy atom. The Hall–Kier alpha value is -2.30. The van der Waals surface area contributed by atoms with E-state index in [-0.39, 0.29) is 25.9 Å². The van der Waals surface area contributed by atoms with Gasteiger partial charge in [0.15, 0.2) is 6.10 Å². The van der Waals surface area contributed by atoms with Gasteiger partial charge in [-0.2, -0.15) is 0 Å². The van der Waals surface area contributed by atoms with Gasteiger partial charge < -0.3 is 24.2 Å². The molecule has 0 fully saturated rings. The number of unbranched alkanes of at least 4 members (excludes halogenated alkanes) is 41. The van der Waals surface area contributed by atoms with Crippen molar-refractivity contribution in [2.75, 3.05) is 26.4 Å². The zero-order chi connectivity index (χ0) is 58.3. The molecule has 0 amide bonds. The number of carbonyl (C=O) groups excluding carboxylic acids is 3. The first-order valence-electron chi connectivity index (χ1n) is 33.9. The molecule has 470 valence electrons. The Morgan fingerprint density at radius 1 is 0.350 bits per heavy atom. The van der Waals surface area contributed by atoms with Gasteiger partial charge in [0.05, 0.1) is 19.8 Å². The number of phosphoric ester groups is 1. The molecule has 3 unspecified atom stereocenters.